The van der Waals surface area contributed by atoms with Crippen molar-refractivity contribution in [1.82, 2.24) is 15.1 Å². The van der Waals surface area contributed by atoms with Crippen molar-refractivity contribution < 1.29 is 13.2 Å². The van der Waals surface area contributed by atoms with Gasteiger partial charge in [-0.3, -0.25) is 4.68 Å². The highest BCUT2D eigenvalue weighted by Gasteiger charge is 2.29. The quantitative estimate of drug-likeness (QED) is 0.932. The minimum atomic E-state index is -4.30. The minimum Gasteiger partial charge on any atom is -0.307 e. The van der Waals surface area contributed by atoms with Crippen LogP contribution in [-0.2, 0) is 26.3 Å². The van der Waals surface area contributed by atoms with Crippen molar-refractivity contribution in [2.45, 2.75) is 26.2 Å². The van der Waals surface area contributed by atoms with Gasteiger partial charge in [0.15, 0.2) is 0 Å². The summed E-state index contributed by atoms with van der Waals surface area (Å²) in [5, 5.41) is 7.95. The van der Waals surface area contributed by atoms with E-state index in [1.165, 1.54) is 12.1 Å². The highest BCUT2D eigenvalue weighted by atomic mass is 35.5. The van der Waals surface area contributed by atoms with Crippen LogP contribution < -0.4 is 5.32 Å². The normalized spacial score (nSPS) is 11.9. The van der Waals surface area contributed by atoms with E-state index in [-0.39, 0.29) is 0 Å². The topological polar surface area (TPSA) is 29.9 Å². The Bertz CT molecular complexity index is 618. The summed E-state index contributed by atoms with van der Waals surface area (Å²) in [4.78, 5) is 0. The van der Waals surface area contributed by atoms with Gasteiger partial charge in [-0.15, -0.1) is 0 Å². The number of rotatable bonds is 4. The molecule has 0 radical (unpaired) electrons. The van der Waals surface area contributed by atoms with Gasteiger partial charge in [0.05, 0.1) is 22.0 Å². The van der Waals surface area contributed by atoms with E-state index in [1.807, 2.05) is 6.92 Å². The van der Waals surface area contributed by atoms with Gasteiger partial charge in [0.2, 0.25) is 0 Å². The zero-order valence-corrected chi connectivity index (χ0v) is 12.4. The van der Waals surface area contributed by atoms with Gasteiger partial charge in [-0.05, 0) is 24.6 Å². The smallest absolute Gasteiger partial charge is 0.307 e. The third-order valence-electron chi connectivity index (χ3n) is 3.16. The van der Waals surface area contributed by atoms with Crippen molar-refractivity contribution in [3.63, 3.8) is 0 Å². The summed E-state index contributed by atoms with van der Waals surface area (Å²) >= 11 is 6.12. The van der Waals surface area contributed by atoms with E-state index in [9.17, 15) is 13.2 Å². The van der Waals surface area contributed by atoms with Crippen LogP contribution in [0.25, 0.3) is 0 Å². The fraction of sp³-hybridized carbons (Fsp3) is 0.357. The molecule has 114 valence electrons. The number of benzene rings is 1. The Kier molecular flexibility index (Phi) is 4.58. The molecule has 21 heavy (non-hydrogen) atoms. The molecule has 1 aromatic carbocycles. The molecule has 0 aliphatic heterocycles. The summed E-state index contributed by atoms with van der Waals surface area (Å²) in [6.07, 6.45) is -4.30. The van der Waals surface area contributed by atoms with Crippen LogP contribution in [0.15, 0.2) is 24.3 Å². The molecule has 1 heterocycles. The van der Waals surface area contributed by atoms with Gasteiger partial charge >= 0.3 is 6.18 Å². The van der Waals surface area contributed by atoms with Crippen molar-refractivity contribution in [3.8, 4) is 0 Å². The molecule has 7 heteroatoms. The lowest BCUT2D eigenvalue weighted by molar-refractivity contribution is -0.137. The van der Waals surface area contributed by atoms with E-state index < -0.39 is 11.7 Å². The van der Waals surface area contributed by atoms with E-state index in [4.69, 9.17) is 11.6 Å². The summed E-state index contributed by atoms with van der Waals surface area (Å²) in [7, 11) is 1.80. The lowest BCUT2D eigenvalue weighted by atomic mass is 10.1. The number of halogens is 4. The number of hydrogen-bond donors (Lipinski definition) is 1. The van der Waals surface area contributed by atoms with Gasteiger partial charge in [0.25, 0.3) is 0 Å². The highest BCUT2D eigenvalue weighted by molar-refractivity contribution is 6.31. The van der Waals surface area contributed by atoms with Crippen LogP contribution in [0.5, 0.6) is 0 Å². The van der Waals surface area contributed by atoms with Crippen LogP contribution >= 0.6 is 11.6 Å². The van der Waals surface area contributed by atoms with Crippen molar-refractivity contribution in [3.05, 3.63) is 51.8 Å². The summed E-state index contributed by atoms with van der Waals surface area (Å²) in [6, 6.07) is 5.09. The average molecular weight is 318 g/mol. The summed E-state index contributed by atoms with van der Waals surface area (Å²) < 4.78 is 39.0. The van der Waals surface area contributed by atoms with Crippen molar-refractivity contribution in [1.29, 1.82) is 0 Å². The first kappa shape index (κ1) is 15.9. The molecule has 0 bridgehead atoms. The van der Waals surface area contributed by atoms with Gasteiger partial charge in [-0.1, -0.05) is 23.7 Å². The number of hydrogen-bond acceptors (Lipinski definition) is 2. The Labute approximate surface area is 125 Å². The van der Waals surface area contributed by atoms with E-state index >= 15 is 0 Å². The maximum atomic E-state index is 12.4. The predicted molar refractivity (Wildman–Crippen MR) is 74.9 cm³/mol. The maximum Gasteiger partial charge on any atom is 0.416 e. The molecule has 0 amide bonds. The van der Waals surface area contributed by atoms with Crippen LogP contribution in [0.3, 0.4) is 0 Å². The van der Waals surface area contributed by atoms with Gasteiger partial charge < -0.3 is 5.32 Å². The Balaban J connectivity index is 1.95. The standard InChI is InChI=1S/C14H15ClF3N3/c1-9-13(15)12(21(2)20-9)8-19-7-10-3-5-11(6-4-10)14(16,17)18/h3-6,19H,7-8H2,1-2H3. The Hall–Kier alpha value is -1.53. The van der Waals surface area contributed by atoms with Crippen LogP contribution in [0.2, 0.25) is 5.02 Å². The number of aryl methyl sites for hydroxylation is 2. The van der Waals surface area contributed by atoms with Crippen LogP contribution in [0.1, 0.15) is 22.5 Å². The molecular weight excluding hydrogens is 303 g/mol. The summed E-state index contributed by atoms with van der Waals surface area (Å²) in [5.74, 6) is 0. The largest absolute Gasteiger partial charge is 0.416 e. The molecule has 3 nitrogen and oxygen atoms in total. The molecule has 0 spiro atoms. The van der Waals surface area contributed by atoms with E-state index in [0.717, 1.165) is 29.1 Å². The number of alkyl halides is 3. The summed E-state index contributed by atoms with van der Waals surface area (Å²) in [5.41, 5.74) is 1.74. The molecule has 0 atom stereocenters. The molecule has 0 saturated heterocycles. The number of nitrogens with one attached hydrogen (secondary N) is 1. The Morgan fingerprint density at radius 1 is 1.19 bits per heavy atom. The molecule has 0 unspecified atom stereocenters. The fourth-order valence-corrected chi connectivity index (χ4v) is 2.24. The zero-order valence-electron chi connectivity index (χ0n) is 11.6. The van der Waals surface area contributed by atoms with Crippen LogP contribution in [-0.4, -0.2) is 9.78 Å². The highest BCUT2D eigenvalue weighted by Crippen LogP contribution is 2.29. The second-order valence-corrected chi connectivity index (χ2v) is 5.15. The molecule has 1 aromatic heterocycles. The molecule has 0 fully saturated rings. The second kappa shape index (κ2) is 6.07. The lowest BCUT2D eigenvalue weighted by Crippen LogP contribution is -2.15. The van der Waals surface area contributed by atoms with E-state index in [1.54, 1.807) is 11.7 Å². The summed E-state index contributed by atoms with van der Waals surface area (Å²) in [6.45, 7) is 2.78. The molecule has 0 saturated carbocycles. The van der Waals surface area contributed by atoms with Crippen molar-refractivity contribution in [2.24, 2.45) is 7.05 Å². The predicted octanol–water partition coefficient (Wildman–Crippen LogP) is 3.69. The first-order valence-electron chi connectivity index (χ1n) is 6.34. The van der Waals surface area contributed by atoms with E-state index in [0.29, 0.717) is 18.1 Å². The van der Waals surface area contributed by atoms with Gasteiger partial charge in [-0.2, -0.15) is 18.3 Å². The molecular formula is C14H15ClF3N3. The first-order chi connectivity index (χ1) is 9.79. The minimum absolute atomic E-state index is 0.457. The lowest BCUT2D eigenvalue weighted by Gasteiger charge is -2.09. The van der Waals surface area contributed by atoms with Gasteiger partial charge in [0, 0.05) is 20.1 Å². The zero-order chi connectivity index (χ0) is 15.6. The molecule has 2 aromatic rings. The molecule has 0 aliphatic rings. The second-order valence-electron chi connectivity index (χ2n) is 4.77. The fourth-order valence-electron chi connectivity index (χ4n) is 2.01. The Morgan fingerprint density at radius 2 is 1.81 bits per heavy atom. The van der Waals surface area contributed by atoms with Crippen LogP contribution in [0, 0.1) is 6.92 Å². The first-order valence-corrected chi connectivity index (χ1v) is 6.71. The third kappa shape index (κ3) is 3.77. The molecule has 2 rings (SSSR count). The number of aromatic nitrogens is 2. The third-order valence-corrected chi connectivity index (χ3v) is 3.66. The van der Waals surface area contributed by atoms with E-state index in [2.05, 4.69) is 10.4 Å². The Morgan fingerprint density at radius 3 is 2.29 bits per heavy atom. The monoisotopic (exact) mass is 317 g/mol. The van der Waals surface area contributed by atoms with Crippen LogP contribution in [0.4, 0.5) is 13.2 Å². The average Bonchev–Trinajstić information content (AvgIpc) is 2.64. The maximum absolute atomic E-state index is 12.4. The SMILES string of the molecule is Cc1nn(C)c(CNCc2ccc(C(F)(F)F)cc2)c1Cl. The van der Waals surface area contributed by atoms with Gasteiger partial charge in [0.1, 0.15) is 0 Å². The number of nitrogens with zero attached hydrogens (tertiary/aromatic N) is 2. The van der Waals surface area contributed by atoms with Crippen molar-refractivity contribution >= 4 is 11.6 Å². The van der Waals surface area contributed by atoms with Crippen molar-refractivity contribution in [2.75, 3.05) is 0 Å². The molecule has 1 N–H and O–H groups in total. The van der Waals surface area contributed by atoms with Gasteiger partial charge in [-0.25, -0.2) is 0 Å². The molecule has 0 aliphatic carbocycles.